The number of hydrogen-bond donors (Lipinski definition) is 0. The molecule has 0 aliphatic heterocycles. The van der Waals surface area contributed by atoms with Gasteiger partial charge in [-0.25, -0.2) is 4.68 Å². The molecule has 4 heteroatoms. The van der Waals surface area contributed by atoms with Crippen LogP contribution in [0.2, 0.25) is 0 Å². The van der Waals surface area contributed by atoms with Crippen LogP contribution in [-0.2, 0) is 5.54 Å². The van der Waals surface area contributed by atoms with Crippen molar-refractivity contribution >= 4 is 11.6 Å². The largest absolute Gasteiger partial charge is 0.206 e. The molecule has 6 aromatic rings. The van der Waals surface area contributed by atoms with Crippen molar-refractivity contribution in [1.29, 1.82) is 0 Å². The third-order valence-electron chi connectivity index (χ3n) is 7.11. The summed E-state index contributed by atoms with van der Waals surface area (Å²) >= 11 is 0. The molecule has 0 fully saturated rings. The summed E-state index contributed by atoms with van der Waals surface area (Å²) in [4.78, 5) is 0. The second-order valence-electron chi connectivity index (χ2n) is 9.55. The first-order valence-corrected chi connectivity index (χ1v) is 13.1. The molecule has 188 valence electrons. The van der Waals surface area contributed by atoms with E-state index in [0.29, 0.717) is 5.82 Å². The van der Waals surface area contributed by atoms with Crippen LogP contribution in [0.15, 0.2) is 146 Å². The van der Waals surface area contributed by atoms with Crippen molar-refractivity contribution in [3.63, 3.8) is 0 Å². The fraction of sp³-hybridized carbons (Fsp3) is 0.0571. The Hall–Kier alpha value is -5.09. The number of benzene rings is 5. The minimum atomic E-state index is -0.797. The monoisotopic (exact) mass is 504 g/mol. The van der Waals surface area contributed by atoms with Crippen LogP contribution >= 0.6 is 0 Å². The van der Waals surface area contributed by atoms with Gasteiger partial charge < -0.3 is 0 Å². The molecule has 0 radical (unpaired) electrons. The lowest BCUT2D eigenvalue weighted by atomic mass is 9.77. The maximum absolute atomic E-state index is 4.68. The smallest absolute Gasteiger partial charge is 0.177 e. The predicted molar refractivity (Wildman–Crippen MR) is 157 cm³/mol. The van der Waals surface area contributed by atoms with Crippen LogP contribution in [0.5, 0.6) is 0 Å². The van der Waals surface area contributed by atoms with Crippen LogP contribution in [0.1, 0.15) is 39.2 Å². The van der Waals surface area contributed by atoms with Gasteiger partial charge in [0.05, 0.1) is 0 Å². The highest BCUT2D eigenvalue weighted by Crippen LogP contribution is 2.41. The highest BCUT2D eigenvalue weighted by atomic mass is 15.6. The van der Waals surface area contributed by atoms with Crippen LogP contribution in [0, 0.1) is 6.92 Å². The molecular formula is C35H28N4. The third-order valence-corrected chi connectivity index (χ3v) is 7.11. The summed E-state index contributed by atoms with van der Waals surface area (Å²) in [6.07, 6.45) is 2.10. The van der Waals surface area contributed by atoms with Gasteiger partial charge in [-0.2, -0.15) is 0 Å². The van der Waals surface area contributed by atoms with Crippen molar-refractivity contribution in [3.05, 3.63) is 185 Å². The highest BCUT2D eigenvalue weighted by Gasteiger charge is 2.41. The van der Waals surface area contributed by atoms with Crippen molar-refractivity contribution in [1.82, 2.24) is 20.2 Å². The van der Waals surface area contributed by atoms with Crippen LogP contribution in [0.25, 0.3) is 11.6 Å². The van der Waals surface area contributed by atoms with Crippen molar-refractivity contribution in [2.75, 3.05) is 0 Å². The number of rotatable bonds is 7. The standard InChI is InChI=1S/C35H28N4/c1-27-22-24-29(25-23-27)33(28-14-6-2-7-15-28)26-34-36-37-38-39(34)35(30-16-8-3-9-17-30,31-18-10-4-11-19-31)32-20-12-5-13-21-32/h2-26H,1H3/b33-26+. The van der Waals surface area contributed by atoms with E-state index in [1.54, 1.807) is 0 Å². The average Bonchev–Trinajstić information content (AvgIpc) is 3.47. The molecule has 39 heavy (non-hydrogen) atoms. The molecule has 0 aliphatic carbocycles. The normalized spacial score (nSPS) is 11.9. The van der Waals surface area contributed by atoms with Crippen LogP contribution in [0.4, 0.5) is 0 Å². The lowest BCUT2D eigenvalue weighted by Gasteiger charge is -2.36. The molecular weight excluding hydrogens is 476 g/mol. The van der Waals surface area contributed by atoms with Crippen LogP contribution < -0.4 is 0 Å². The Morgan fingerprint density at radius 1 is 0.564 bits per heavy atom. The molecule has 1 aromatic heterocycles. The van der Waals surface area contributed by atoms with Crippen molar-refractivity contribution in [3.8, 4) is 0 Å². The first-order chi connectivity index (χ1) is 19.3. The molecule has 0 bridgehead atoms. The van der Waals surface area contributed by atoms with Gasteiger partial charge in [-0.15, -0.1) is 5.10 Å². The van der Waals surface area contributed by atoms with E-state index in [9.17, 15) is 0 Å². The fourth-order valence-corrected chi connectivity index (χ4v) is 5.24. The van der Waals surface area contributed by atoms with Gasteiger partial charge >= 0.3 is 0 Å². The number of aryl methyl sites for hydroxylation is 1. The van der Waals surface area contributed by atoms with Gasteiger partial charge in [-0.05, 0) is 56.8 Å². The minimum Gasteiger partial charge on any atom is -0.206 e. The van der Waals surface area contributed by atoms with E-state index in [4.69, 9.17) is 0 Å². The summed E-state index contributed by atoms with van der Waals surface area (Å²) in [6, 6.07) is 50.4. The van der Waals surface area contributed by atoms with Crippen molar-refractivity contribution < 1.29 is 0 Å². The molecule has 0 saturated carbocycles. The summed E-state index contributed by atoms with van der Waals surface area (Å²) in [5, 5.41) is 13.5. The molecule has 1 heterocycles. The van der Waals surface area contributed by atoms with E-state index < -0.39 is 5.54 Å². The second kappa shape index (κ2) is 10.7. The zero-order valence-electron chi connectivity index (χ0n) is 21.7. The minimum absolute atomic E-state index is 0.658. The molecule has 4 nitrogen and oxygen atoms in total. The van der Waals surface area contributed by atoms with Crippen molar-refractivity contribution in [2.45, 2.75) is 12.5 Å². The summed E-state index contributed by atoms with van der Waals surface area (Å²) in [7, 11) is 0. The molecule has 5 aromatic carbocycles. The maximum Gasteiger partial charge on any atom is 0.177 e. The summed E-state index contributed by atoms with van der Waals surface area (Å²) in [5.41, 5.74) is 6.88. The first kappa shape index (κ1) is 24.3. The number of hydrogen-bond acceptors (Lipinski definition) is 3. The average molecular weight is 505 g/mol. The molecule has 0 saturated heterocycles. The zero-order valence-corrected chi connectivity index (χ0v) is 21.7. The molecule has 0 spiro atoms. The van der Waals surface area contributed by atoms with E-state index in [2.05, 4.69) is 150 Å². The Kier molecular flexibility index (Phi) is 6.67. The lowest BCUT2D eigenvalue weighted by molar-refractivity contribution is 0.443. The zero-order chi connectivity index (χ0) is 26.5. The maximum atomic E-state index is 4.68. The van der Waals surface area contributed by atoms with E-state index in [0.717, 1.165) is 33.4 Å². The van der Waals surface area contributed by atoms with Crippen LogP contribution in [-0.4, -0.2) is 20.2 Å². The third kappa shape index (κ3) is 4.57. The summed E-state index contributed by atoms with van der Waals surface area (Å²) in [6.45, 7) is 2.10. The van der Waals surface area contributed by atoms with Gasteiger partial charge in [-0.3, -0.25) is 0 Å². The molecule has 6 rings (SSSR count). The predicted octanol–water partition coefficient (Wildman–Crippen LogP) is 7.41. The molecule has 0 N–H and O–H groups in total. The van der Waals surface area contributed by atoms with E-state index in [1.165, 1.54) is 5.56 Å². The second-order valence-corrected chi connectivity index (χ2v) is 9.55. The fourth-order valence-electron chi connectivity index (χ4n) is 5.24. The Morgan fingerprint density at radius 3 is 1.49 bits per heavy atom. The molecule has 0 amide bonds. The first-order valence-electron chi connectivity index (χ1n) is 13.1. The summed E-state index contributed by atoms with van der Waals surface area (Å²) in [5.74, 6) is 0.658. The lowest BCUT2D eigenvalue weighted by Crippen LogP contribution is -2.39. The molecule has 0 aliphatic rings. The van der Waals surface area contributed by atoms with Crippen molar-refractivity contribution in [2.24, 2.45) is 0 Å². The highest BCUT2D eigenvalue weighted by molar-refractivity contribution is 5.90. The summed E-state index contributed by atoms with van der Waals surface area (Å²) < 4.78 is 1.96. The number of nitrogens with zero attached hydrogens (tertiary/aromatic N) is 4. The van der Waals surface area contributed by atoms with Gasteiger partial charge in [0, 0.05) is 0 Å². The Balaban J connectivity index is 1.66. The quantitative estimate of drug-likeness (QED) is 0.213. The van der Waals surface area contributed by atoms with E-state index >= 15 is 0 Å². The van der Waals surface area contributed by atoms with E-state index in [-0.39, 0.29) is 0 Å². The van der Waals surface area contributed by atoms with E-state index in [1.807, 2.05) is 28.9 Å². The molecule has 0 unspecified atom stereocenters. The Labute approximate surface area is 228 Å². The van der Waals surface area contributed by atoms with Gasteiger partial charge in [0.25, 0.3) is 0 Å². The van der Waals surface area contributed by atoms with Crippen LogP contribution in [0.3, 0.4) is 0 Å². The van der Waals surface area contributed by atoms with Gasteiger partial charge in [0.1, 0.15) is 5.54 Å². The van der Waals surface area contributed by atoms with Gasteiger partial charge in [0.15, 0.2) is 5.82 Å². The SMILES string of the molecule is Cc1ccc(/C(=C/c2nnnn2C(c2ccccc2)(c2ccccc2)c2ccccc2)c2ccccc2)cc1. The Morgan fingerprint density at radius 2 is 1.00 bits per heavy atom. The Bertz CT molecular complexity index is 1580. The topological polar surface area (TPSA) is 43.6 Å². The molecule has 0 atom stereocenters. The van der Waals surface area contributed by atoms with Gasteiger partial charge in [0.2, 0.25) is 0 Å². The number of aromatic nitrogens is 4. The number of tetrazole rings is 1. The van der Waals surface area contributed by atoms with Gasteiger partial charge in [-0.1, -0.05) is 151 Å².